The van der Waals surface area contributed by atoms with E-state index in [0.717, 1.165) is 6.08 Å². The van der Waals surface area contributed by atoms with Crippen molar-refractivity contribution in [3.8, 4) is 0 Å². The molecular weight excluding hydrogens is 249 g/mol. The second-order valence-corrected chi connectivity index (χ2v) is 3.63. The van der Waals surface area contributed by atoms with Gasteiger partial charge in [-0.05, 0) is 46.6 Å². The van der Waals surface area contributed by atoms with Crippen molar-refractivity contribution in [3.05, 3.63) is 40.6 Å². The van der Waals surface area contributed by atoms with E-state index >= 15 is 0 Å². The monoisotopic (exact) mass is 257 g/mol. The van der Waals surface area contributed by atoms with Crippen molar-refractivity contribution in [3.63, 3.8) is 0 Å². The second kappa shape index (κ2) is 4.37. The average molecular weight is 258 g/mol. The standard InChI is InChI=1S/C10H9BrFNO/c1-3-10(14)13-9-5-7(11)8(12)4-6(9)2/h3-5H,1H2,2H3,(H,13,14). The van der Waals surface area contributed by atoms with E-state index in [1.165, 1.54) is 12.1 Å². The maximum absolute atomic E-state index is 13.0. The Morgan fingerprint density at radius 3 is 2.86 bits per heavy atom. The summed E-state index contributed by atoms with van der Waals surface area (Å²) in [7, 11) is 0. The number of carbonyl (C=O) groups is 1. The molecule has 74 valence electrons. The highest BCUT2D eigenvalue weighted by molar-refractivity contribution is 9.10. The number of carbonyl (C=O) groups excluding carboxylic acids is 1. The third kappa shape index (κ3) is 2.42. The van der Waals surface area contributed by atoms with Crippen LogP contribution in [0.2, 0.25) is 0 Å². The minimum Gasteiger partial charge on any atom is -0.322 e. The van der Waals surface area contributed by atoms with Gasteiger partial charge in [0, 0.05) is 5.69 Å². The number of hydrogen-bond acceptors (Lipinski definition) is 1. The molecule has 0 aliphatic rings. The molecule has 0 spiro atoms. The summed E-state index contributed by atoms with van der Waals surface area (Å²) in [5.41, 5.74) is 1.24. The van der Waals surface area contributed by atoms with Gasteiger partial charge in [0.1, 0.15) is 5.82 Å². The molecule has 1 N–H and O–H groups in total. The van der Waals surface area contributed by atoms with E-state index < -0.39 is 0 Å². The first-order valence-corrected chi connectivity index (χ1v) is 4.73. The molecule has 0 heterocycles. The van der Waals surface area contributed by atoms with Crippen molar-refractivity contribution in [1.29, 1.82) is 0 Å². The van der Waals surface area contributed by atoms with Crippen molar-refractivity contribution in [2.45, 2.75) is 6.92 Å². The van der Waals surface area contributed by atoms with E-state index in [9.17, 15) is 9.18 Å². The molecule has 0 bridgehead atoms. The highest BCUT2D eigenvalue weighted by Gasteiger charge is 2.06. The molecule has 0 unspecified atom stereocenters. The number of benzene rings is 1. The quantitative estimate of drug-likeness (QED) is 0.811. The van der Waals surface area contributed by atoms with Gasteiger partial charge in [0.15, 0.2) is 0 Å². The third-order valence-electron chi connectivity index (χ3n) is 1.71. The Labute approximate surface area is 89.9 Å². The number of rotatable bonds is 2. The Morgan fingerprint density at radius 2 is 2.29 bits per heavy atom. The number of aryl methyl sites for hydroxylation is 1. The summed E-state index contributed by atoms with van der Waals surface area (Å²) in [4.78, 5) is 11.0. The fourth-order valence-electron chi connectivity index (χ4n) is 0.965. The first-order valence-electron chi connectivity index (χ1n) is 3.93. The summed E-state index contributed by atoms with van der Waals surface area (Å²) in [5.74, 6) is -0.661. The van der Waals surface area contributed by atoms with Gasteiger partial charge in [0.2, 0.25) is 5.91 Å². The molecule has 0 aliphatic heterocycles. The van der Waals surface area contributed by atoms with Gasteiger partial charge >= 0.3 is 0 Å². The Balaban J connectivity index is 3.03. The first-order chi connectivity index (χ1) is 6.54. The van der Waals surface area contributed by atoms with E-state index in [4.69, 9.17) is 0 Å². The normalized spacial score (nSPS) is 9.64. The number of amides is 1. The number of halogens is 2. The summed E-state index contributed by atoms with van der Waals surface area (Å²) < 4.78 is 13.3. The average Bonchev–Trinajstić information content (AvgIpc) is 2.14. The van der Waals surface area contributed by atoms with Crippen LogP contribution in [0.1, 0.15) is 5.56 Å². The minimum atomic E-state index is -0.348. The van der Waals surface area contributed by atoms with Gasteiger partial charge in [-0.25, -0.2) is 4.39 Å². The molecule has 0 radical (unpaired) electrons. The predicted octanol–water partition coefficient (Wildman–Crippen LogP) is 3.02. The summed E-state index contributed by atoms with van der Waals surface area (Å²) in [6.07, 6.45) is 1.16. The van der Waals surface area contributed by atoms with Crippen LogP contribution in [0.25, 0.3) is 0 Å². The summed E-state index contributed by atoms with van der Waals surface area (Å²) in [6.45, 7) is 5.05. The molecule has 1 rings (SSSR count). The van der Waals surface area contributed by atoms with Crippen LogP contribution in [-0.4, -0.2) is 5.91 Å². The van der Waals surface area contributed by atoms with Crippen LogP contribution in [0.15, 0.2) is 29.3 Å². The van der Waals surface area contributed by atoms with Gasteiger partial charge < -0.3 is 5.32 Å². The molecule has 1 amide bonds. The van der Waals surface area contributed by atoms with Gasteiger partial charge in [-0.3, -0.25) is 4.79 Å². The molecule has 0 saturated carbocycles. The van der Waals surface area contributed by atoms with Crippen molar-refractivity contribution in [2.24, 2.45) is 0 Å². The van der Waals surface area contributed by atoms with Crippen molar-refractivity contribution >= 4 is 27.5 Å². The molecule has 0 atom stereocenters. The fraction of sp³-hybridized carbons (Fsp3) is 0.100. The van der Waals surface area contributed by atoms with Gasteiger partial charge in [0.25, 0.3) is 0 Å². The summed E-state index contributed by atoms with van der Waals surface area (Å²) in [6, 6.07) is 2.87. The Kier molecular flexibility index (Phi) is 3.41. The lowest BCUT2D eigenvalue weighted by Crippen LogP contribution is -2.08. The zero-order chi connectivity index (χ0) is 10.7. The highest BCUT2D eigenvalue weighted by atomic mass is 79.9. The molecule has 1 aromatic rings. The second-order valence-electron chi connectivity index (χ2n) is 2.77. The SMILES string of the molecule is C=CC(=O)Nc1cc(Br)c(F)cc1C. The first kappa shape index (κ1) is 10.9. The largest absolute Gasteiger partial charge is 0.322 e. The number of anilines is 1. The fourth-order valence-corrected chi connectivity index (χ4v) is 1.31. The van der Waals surface area contributed by atoms with Gasteiger partial charge in [0.05, 0.1) is 4.47 Å². The predicted molar refractivity (Wildman–Crippen MR) is 57.7 cm³/mol. The lowest BCUT2D eigenvalue weighted by Gasteiger charge is -2.07. The van der Waals surface area contributed by atoms with Gasteiger partial charge in [-0.1, -0.05) is 6.58 Å². The lowest BCUT2D eigenvalue weighted by atomic mass is 10.2. The lowest BCUT2D eigenvalue weighted by molar-refractivity contribution is -0.111. The van der Waals surface area contributed by atoms with E-state index in [2.05, 4.69) is 27.8 Å². The molecule has 0 saturated heterocycles. The molecule has 0 fully saturated rings. The van der Waals surface area contributed by atoms with Crippen LogP contribution in [0.4, 0.5) is 10.1 Å². The molecule has 0 aliphatic carbocycles. The molecule has 14 heavy (non-hydrogen) atoms. The highest BCUT2D eigenvalue weighted by Crippen LogP contribution is 2.24. The van der Waals surface area contributed by atoms with E-state index in [1.807, 2.05) is 0 Å². The van der Waals surface area contributed by atoms with Crippen LogP contribution in [-0.2, 0) is 4.79 Å². The van der Waals surface area contributed by atoms with Crippen molar-refractivity contribution in [1.82, 2.24) is 0 Å². The molecule has 4 heteroatoms. The molecule has 1 aromatic carbocycles. The summed E-state index contributed by atoms with van der Waals surface area (Å²) in [5, 5.41) is 2.57. The van der Waals surface area contributed by atoms with Crippen LogP contribution in [0.5, 0.6) is 0 Å². The van der Waals surface area contributed by atoms with Crippen LogP contribution >= 0.6 is 15.9 Å². The Bertz CT molecular complexity index is 390. The molecular formula is C10H9BrFNO. The van der Waals surface area contributed by atoms with Gasteiger partial charge in [-0.15, -0.1) is 0 Å². The van der Waals surface area contributed by atoms with E-state index in [0.29, 0.717) is 15.7 Å². The van der Waals surface area contributed by atoms with Gasteiger partial charge in [-0.2, -0.15) is 0 Å². The molecule has 0 aromatic heterocycles. The molecule has 2 nitrogen and oxygen atoms in total. The van der Waals surface area contributed by atoms with E-state index in [1.54, 1.807) is 6.92 Å². The van der Waals surface area contributed by atoms with Crippen LogP contribution < -0.4 is 5.32 Å². The summed E-state index contributed by atoms with van der Waals surface area (Å²) >= 11 is 3.04. The maximum atomic E-state index is 13.0. The van der Waals surface area contributed by atoms with Crippen molar-refractivity contribution in [2.75, 3.05) is 5.32 Å². The zero-order valence-electron chi connectivity index (χ0n) is 7.60. The zero-order valence-corrected chi connectivity index (χ0v) is 9.19. The smallest absolute Gasteiger partial charge is 0.247 e. The minimum absolute atomic E-state index is 0.313. The van der Waals surface area contributed by atoms with Crippen LogP contribution in [0.3, 0.4) is 0 Å². The number of nitrogens with one attached hydrogen (secondary N) is 1. The maximum Gasteiger partial charge on any atom is 0.247 e. The topological polar surface area (TPSA) is 29.1 Å². The van der Waals surface area contributed by atoms with E-state index in [-0.39, 0.29) is 11.7 Å². The Morgan fingerprint density at radius 1 is 1.64 bits per heavy atom. The Hall–Kier alpha value is -1.16. The van der Waals surface area contributed by atoms with Crippen molar-refractivity contribution < 1.29 is 9.18 Å². The van der Waals surface area contributed by atoms with Crippen LogP contribution in [0, 0.1) is 12.7 Å². The third-order valence-corrected chi connectivity index (χ3v) is 2.32. The number of hydrogen-bond donors (Lipinski definition) is 1.